The fourth-order valence-corrected chi connectivity index (χ4v) is 3.96. The average Bonchev–Trinajstić information content (AvgIpc) is 2.82. The first-order chi connectivity index (χ1) is 16.8. The first-order valence-electron chi connectivity index (χ1n) is 11.5. The number of nitrogens with zero attached hydrogens (tertiary/aromatic N) is 1. The molecule has 0 saturated carbocycles. The first kappa shape index (κ1) is 26.9. The highest BCUT2D eigenvalue weighted by Crippen LogP contribution is 2.24. The predicted octanol–water partition coefficient (Wildman–Crippen LogP) is 5.02. The van der Waals surface area contributed by atoms with Gasteiger partial charge in [0.1, 0.15) is 5.75 Å². The molecule has 0 radical (unpaired) electrons. The van der Waals surface area contributed by atoms with Gasteiger partial charge in [-0.25, -0.2) is 8.42 Å². The Labute approximate surface area is 213 Å². The third-order valence-electron chi connectivity index (χ3n) is 5.79. The quantitative estimate of drug-likeness (QED) is 0.432. The van der Waals surface area contributed by atoms with E-state index in [0.717, 1.165) is 16.1 Å². The number of carbonyl (C=O) groups is 2. The van der Waals surface area contributed by atoms with Gasteiger partial charge in [-0.2, -0.15) is 0 Å². The number of hydrogen-bond donors (Lipinski definition) is 1. The predicted molar refractivity (Wildman–Crippen MR) is 143 cm³/mol. The van der Waals surface area contributed by atoms with E-state index in [-0.39, 0.29) is 17.1 Å². The molecule has 0 heterocycles. The van der Waals surface area contributed by atoms with Crippen molar-refractivity contribution in [3.63, 3.8) is 0 Å². The fraction of sp³-hybridized carbons (Fsp3) is 0.286. The van der Waals surface area contributed by atoms with E-state index in [9.17, 15) is 18.0 Å². The number of nitrogens with one attached hydrogen (secondary N) is 1. The normalized spacial score (nSPS) is 12.5. The maximum Gasteiger partial charge on any atom is 0.265 e. The molecule has 0 fully saturated rings. The molecule has 1 amide bonds. The van der Waals surface area contributed by atoms with Crippen LogP contribution in [0.25, 0.3) is 0 Å². The molecule has 0 unspecified atom stereocenters. The molecule has 3 rings (SSSR count). The number of benzene rings is 3. The van der Waals surface area contributed by atoms with Crippen LogP contribution >= 0.6 is 0 Å². The Hall–Kier alpha value is -3.65. The summed E-state index contributed by atoms with van der Waals surface area (Å²) < 4.78 is 30.2. The Balaban J connectivity index is 1.65. The van der Waals surface area contributed by atoms with E-state index in [0.29, 0.717) is 28.3 Å². The van der Waals surface area contributed by atoms with Gasteiger partial charge in [0.15, 0.2) is 11.9 Å². The van der Waals surface area contributed by atoms with Gasteiger partial charge in [0.25, 0.3) is 5.91 Å². The Bertz CT molecular complexity index is 1340. The highest BCUT2D eigenvalue weighted by molar-refractivity contribution is 7.92. The third-order valence-corrected chi connectivity index (χ3v) is 6.99. The van der Waals surface area contributed by atoms with Crippen LogP contribution in [0, 0.1) is 0 Å². The van der Waals surface area contributed by atoms with Gasteiger partial charge >= 0.3 is 0 Å². The van der Waals surface area contributed by atoms with Crippen LogP contribution in [-0.4, -0.2) is 39.5 Å². The molecule has 3 aromatic rings. The second kappa shape index (κ2) is 10.5. The number of rotatable bonds is 8. The van der Waals surface area contributed by atoms with Crippen molar-refractivity contribution in [2.75, 3.05) is 22.9 Å². The molecular weight excluding hydrogens is 476 g/mol. The van der Waals surface area contributed by atoms with Crippen molar-refractivity contribution in [3.05, 3.63) is 89.5 Å². The summed E-state index contributed by atoms with van der Waals surface area (Å²) in [5.74, 6) is -0.0904. The topological polar surface area (TPSA) is 92.8 Å². The van der Waals surface area contributed by atoms with E-state index in [4.69, 9.17) is 4.74 Å². The summed E-state index contributed by atoms with van der Waals surface area (Å²) in [6.45, 7) is 7.96. The van der Waals surface area contributed by atoms with Crippen LogP contribution < -0.4 is 14.4 Å². The Morgan fingerprint density at radius 1 is 0.917 bits per heavy atom. The van der Waals surface area contributed by atoms with Gasteiger partial charge < -0.3 is 10.1 Å². The molecule has 7 nitrogen and oxygen atoms in total. The zero-order valence-electron chi connectivity index (χ0n) is 21.4. The number of amides is 1. The molecule has 0 aromatic heterocycles. The molecule has 0 spiro atoms. The van der Waals surface area contributed by atoms with Crippen molar-refractivity contribution in [1.82, 2.24) is 0 Å². The molecule has 3 aromatic carbocycles. The summed E-state index contributed by atoms with van der Waals surface area (Å²) in [7, 11) is -1.91. The first-order valence-corrected chi connectivity index (χ1v) is 13.4. The van der Waals surface area contributed by atoms with Gasteiger partial charge in [-0.3, -0.25) is 13.9 Å². The molecule has 1 N–H and O–H groups in total. The minimum Gasteiger partial charge on any atom is -0.481 e. The number of hydrogen-bond acceptors (Lipinski definition) is 5. The molecule has 1 atom stereocenters. The second-order valence-electron chi connectivity index (χ2n) is 9.71. The second-order valence-corrected chi connectivity index (χ2v) is 11.7. The smallest absolute Gasteiger partial charge is 0.265 e. The summed E-state index contributed by atoms with van der Waals surface area (Å²) in [5.41, 5.74) is 3.16. The number of ether oxygens (including phenoxy) is 1. The van der Waals surface area contributed by atoms with Crippen LogP contribution in [0.5, 0.6) is 5.75 Å². The van der Waals surface area contributed by atoms with Gasteiger partial charge in [-0.05, 0) is 54.3 Å². The minimum atomic E-state index is -3.37. The molecule has 0 bridgehead atoms. The Kier molecular flexibility index (Phi) is 7.89. The summed E-state index contributed by atoms with van der Waals surface area (Å²) in [6, 6.07) is 20.8. The van der Waals surface area contributed by atoms with Crippen molar-refractivity contribution in [1.29, 1.82) is 0 Å². The van der Waals surface area contributed by atoms with Crippen molar-refractivity contribution in [2.24, 2.45) is 0 Å². The van der Waals surface area contributed by atoms with Crippen LogP contribution in [0.2, 0.25) is 0 Å². The highest BCUT2D eigenvalue weighted by Gasteiger charge is 2.18. The summed E-state index contributed by atoms with van der Waals surface area (Å²) in [4.78, 5) is 25.7. The lowest BCUT2D eigenvalue weighted by molar-refractivity contribution is -0.122. The van der Waals surface area contributed by atoms with Crippen LogP contribution in [0.4, 0.5) is 11.4 Å². The Morgan fingerprint density at radius 2 is 1.53 bits per heavy atom. The fourth-order valence-electron chi connectivity index (χ4n) is 3.45. The Morgan fingerprint density at radius 3 is 2.08 bits per heavy atom. The maximum atomic E-state index is 13.0. The molecule has 190 valence electrons. The van der Waals surface area contributed by atoms with Crippen molar-refractivity contribution >= 4 is 33.1 Å². The minimum absolute atomic E-state index is 0.000907. The molecule has 0 aliphatic carbocycles. The van der Waals surface area contributed by atoms with Crippen LogP contribution in [0.1, 0.15) is 49.2 Å². The van der Waals surface area contributed by atoms with Crippen LogP contribution in [0.3, 0.4) is 0 Å². The average molecular weight is 509 g/mol. The van der Waals surface area contributed by atoms with E-state index in [1.807, 2.05) is 24.3 Å². The standard InChI is InChI=1S/C28H32N2O5S/c1-19(35-25-16-14-24(15-17-25)30(5)36(6,33)34)27(32)29-23-9-7-8-21(18-23)26(31)20-10-12-22(13-11-20)28(2,3)4/h7-19H,1-6H3,(H,29,32)/t19-/m1/s1. The summed E-state index contributed by atoms with van der Waals surface area (Å²) in [5, 5.41) is 2.78. The van der Waals surface area contributed by atoms with Gasteiger partial charge in [0.2, 0.25) is 10.0 Å². The van der Waals surface area contributed by atoms with Crippen molar-refractivity contribution in [3.8, 4) is 5.75 Å². The van der Waals surface area contributed by atoms with Crippen LogP contribution in [-0.2, 0) is 20.2 Å². The monoisotopic (exact) mass is 508 g/mol. The lowest BCUT2D eigenvalue weighted by atomic mass is 9.86. The zero-order valence-corrected chi connectivity index (χ0v) is 22.2. The summed E-state index contributed by atoms with van der Waals surface area (Å²) in [6.07, 6.45) is 0.294. The van der Waals surface area contributed by atoms with Crippen molar-refractivity contribution < 1.29 is 22.7 Å². The van der Waals surface area contributed by atoms with E-state index in [1.165, 1.54) is 7.05 Å². The number of sulfonamides is 1. The molecular formula is C28H32N2O5S. The number of ketones is 1. The third kappa shape index (κ3) is 6.73. The lowest BCUT2D eigenvalue weighted by Gasteiger charge is -2.19. The van der Waals surface area contributed by atoms with E-state index in [1.54, 1.807) is 55.5 Å². The zero-order chi connectivity index (χ0) is 26.7. The number of carbonyl (C=O) groups excluding carboxylic acids is 2. The number of anilines is 2. The lowest BCUT2D eigenvalue weighted by Crippen LogP contribution is -2.30. The highest BCUT2D eigenvalue weighted by atomic mass is 32.2. The molecule has 36 heavy (non-hydrogen) atoms. The molecule has 0 saturated heterocycles. The van der Waals surface area contributed by atoms with Gasteiger partial charge in [0, 0.05) is 23.9 Å². The molecule has 0 aliphatic rings. The van der Waals surface area contributed by atoms with Gasteiger partial charge in [-0.15, -0.1) is 0 Å². The van der Waals surface area contributed by atoms with Crippen molar-refractivity contribution in [2.45, 2.75) is 39.2 Å². The van der Waals surface area contributed by atoms with E-state index < -0.39 is 16.1 Å². The molecule has 8 heteroatoms. The largest absolute Gasteiger partial charge is 0.481 e. The van der Waals surface area contributed by atoms with Gasteiger partial charge in [-0.1, -0.05) is 57.2 Å². The van der Waals surface area contributed by atoms with E-state index in [2.05, 4.69) is 26.1 Å². The SMILES string of the molecule is C[C@@H](Oc1ccc(N(C)S(C)(=O)=O)cc1)C(=O)Nc1cccc(C(=O)c2ccc(C(C)(C)C)cc2)c1. The van der Waals surface area contributed by atoms with Crippen LogP contribution in [0.15, 0.2) is 72.8 Å². The van der Waals surface area contributed by atoms with E-state index >= 15 is 0 Å². The van der Waals surface area contributed by atoms with Gasteiger partial charge in [0.05, 0.1) is 11.9 Å². The summed E-state index contributed by atoms with van der Waals surface area (Å²) >= 11 is 0. The maximum absolute atomic E-state index is 13.0. The molecule has 0 aliphatic heterocycles.